The summed E-state index contributed by atoms with van der Waals surface area (Å²) in [5.41, 5.74) is 0. The average Bonchev–Trinajstić information content (AvgIpc) is 3.05. The van der Waals surface area contributed by atoms with E-state index in [1.807, 2.05) is 0 Å². The van der Waals surface area contributed by atoms with Gasteiger partial charge in [-0.25, -0.2) is 0 Å². The second-order valence-electron chi connectivity index (χ2n) is 4.93. The highest BCUT2D eigenvalue weighted by Crippen LogP contribution is 2.34. The Morgan fingerprint density at radius 3 is 1.73 bits per heavy atom. The maximum atomic E-state index is 2.29. The lowest BCUT2D eigenvalue weighted by Gasteiger charge is -2.01. The van der Waals surface area contributed by atoms with Crippen LogP contribution in [0.4, 0.5) is 0 Å². The minimum Gasteiger partial charge on any atom is -0.157 e. The molecular weight excluding hydrogens is 200 g/mol. The molecule has 0 N–H and O–H groups in total. The van der Waals surface area contributed by atoms with Gasteiger partial charge < -0.3 is 0 Å². The largest absolute Gasteiger partial charge is 0.157 e. The first-order chi connectivity index (χ1) is 7.43. The maximum Gasteiger partial charge on any atom is 0.0138 e. The summed E-state index contributed by atoms with van der Waals surface area (Å²) in [7, 11) is 0. The van der Waals surface area contributed by atoms with Crippen molar-refractivity contribution in [1.29, 1.82) is 0 Å². The van der Waals surface area contributed by atoms with Gasteiger partial charge in [-0.3, -0.25) is 0 Å². The SMILES string of the molecule is CCCCCCCCCCCCC1CS1. The van der Waals surface area contributed by atoms with Crippen LogP contribution in [-0.4, -0.2) is 11.0 Å². The Kier molecular flexibility index (Phi) is 8.56. The van der Waals surface area contributed by atoms with Crippen molar-refractivity contribution >= 4 is 11.8 Å². The van der Waals surface area contributed by atoms with E-state index < -0.39 is 0 Å². The third-order valence-electron chi connectivity index (χ3n) is 3.28. The fourth-order valence-corrected chi connectivity index (χ4v) is 2.73. The molecule has 0 aromatic rings. The molecule has 0 nitrogen and oxygen atoms in total. The fourth-order valence-electron chi connectivity index (χ4n) is 2.09. The first-order valence-electron chi connectivity index (χ1n) is 7.05. The number of unbranched alkanes of at least 4 members (excludes halogenated alkanes) is 9. The van der Waals surface area contributed by atoms with Gasteiger partial charge in [0.25, 0.3) is 0 Å². The second-order valence-corrected chi connectivity index (χ2v) is 6.26. The predicted octanol–water partition coefficient (Wildman–Crippen LogP) is 5.41. The minimum absolute atomic E-state index is 1.07. The van der Waals surface area contributed by atoms with Crippen LogP contribution in [0, 0.1) is 0 Å². The molecule has 1 aliphatic heterocycles. The van der Waals surface area contributed by atoms with Crippen LogP contribution in [0.15, 0.2) is 0 Å². The molecule has 1 fully saturated rings. The third-order valence-corrected chi connectivity index (χ3v) is 4.32. The van der Waals surface area contributed by atoms with Crippen LogP contribution < -0.4 is 0 Å². The summed E-state index contributed by atoms with van der Waals surface area (Å²) >= 11 is 2.15. The molecule has 90 valence electrons. The Labute approximate surface area is 101 Å². The molecule has 0 aromatic carbocycles. The molecular formula is C14H28S. The van der Waals surface area contributed by atoms with Crippen molar-refractivity contribution in [2.45, 2.75) is 82.8 Å². The van der Waals surface area contributed by atoms with Crippen LogP contribution in [0.3, 0.4) is 0 Å². The maximum absolute atomic E-state index is 2.29. The molecule has 1 saturated heterocycles. The van der Waals surface area contributed by atoms with Crippen molar-refractivity contribution in [2.24, 2.45) is 0 Å². The lowest BCUT2D eigenvalue weighted by molar-refractivity contribution is 0.552. The van der Waals surface area contributed by atoms with Gasteiger partial charge in [0.1, 0.15) is 0 Å². The molecule has 0 amide bonds. The standard InChI is InChI=1S/C14H28S/c1-2-3-4-5-6-7-8-9-10-11-12-14-13-15-14/h14H,2-13H2,1H3. The molecule has 1 aliphatic rings. The van der Waals surface area contributed by atoms with Crippen LogP contribution in [0.2, 0.25) is 0 Å². The molecule has 1 rings (SSSR count). The molecule has 0 aliphatic carbocycles. The van der Waals surface area contributed by atoms with E-state index in [-0.39, 0.29) is 0 Å². The normalized spacial score (nSPS) is 19.4. The number of rotatable bonds is 11. The highest BCUT2D eigenvalue weighted by molar-refractivity contribution is 8.06. The summed E-state index contributed by atoms with van der Waals surface area (Å²) in [4.78, 5) is 0. The Hall–Kier alpha value is 0.350. The van der Waals surface area contributed by atoms with Crippen LogP contribution in [0.25, 0.3) is 0 Å². The van der Waals surface area contributed by atoms with E-state index in [4.69, 9.17) is 0 Å². The minimum atomic E-state index is 1.07. The van der Waals surface area contributed by atoms with E-state index in [2.05, 4.69) is 18.7 Å². The Morgan fingerprint density at radius 1 is 0.800 bits per heavy atom. The van der Waals surface area contributed by atoms with Gasteiger partial charge in [0.05, 0.1) is 0 Å². The average molecular weight is 228 g/mol. The summed E-state index contributed by atoms with van der Waals surface area (Å²) < 4.78 is 0. The van der Waals surface area contributed by atoms with Crippen LogP contribution in [0.5, 0.6) is 0 Å². The van der Waals surface area contributed by atoms with Crippen molar-refractivity contribution < 1.29 is 0 Å². The van der Waals surface area contributed by atoms with E-state index in [1.165, 1.54) is 76.4 Å². The van der Waals surface area contributed by atoms with Crippen molar-refractivity contribution in [1.82, 2.24) is 0 Å². The monoisotopic (exact) mass is 228 g/mol. The molecule has 0 aromatic heterocycles. The summed E-state index contributed by atoms with van der Waals surface area (Å²) in [6, 6.07) is 0. The Bertz CT molecular complexity index is 129. The third kappa shape index (κ3) is 9.29. The van der Waals surface area contributed by atoms with Gasteiger partial charge in [-0.1, -0.05) is 71.1 Å². The molecule has 0 bridgehead atoms. The van der Waals surface area contributed by atoms with E-state index in [0.29, 0.717) is 0 Å². The molecule has 15 heavy (non-hydrogen) atoms. The van der Waals surface area contributed by atoms with Gasteiger partial charge in [0.15, 0.2) is 0 Å². The molecule has 0 spiro atoms. The summed E-state index contributed by atoms with van der Waals surface area (Å²) in [6.45, 7) is 2.29. The molecule has 1 heteroatoms. The summed E-state index contributed by atoms with van der Waals surface area (Å²) in [5, 5.41) is 1.07. The lowest BCUT2D eigenvalue weighted by Crippen LogP contribution is -1.85. The number of hydrogen-bond acceptors (Lipinski definition) is 1. The van der Waals surface area contributed by atoms with Crippen molar-refractivity contribution in [3.8, 4) is 0 Å². The summed E-state index contributed by atoms with van der Waals surface area (Å²) in [5.74, 6) is 1.46. The zero-order valence-corrected chi connectivity index (χ0v) is 11.3. The van der Waals surface area contributed by atoms with Gasteiger partial charge in [-0.15, -0.1) is 0 Å². The van der Waals surface area contributed by atoms with Crippen molar-refractivity contribution in [2.75, 3.05) is 5.75 Å². The lowest BCUT2D eigenvalue weighted by atomic mass is 10.1. The van der Waals surface area contributed by atoms with Gasteiger partial charge in [-0.05, 0) is 6.42 Å². The molecule has 1 unspecified atom stereocenters. The smallest absolute Gasteiger partial charge is 0.0138 e. The fraction of sp³-hybridized carbons (Fsp3) is 1.00. The van der Waals surface area contributed by atoms with Gasteiger partial charge >= 0.3 is 0 Å². The first kappa shape index (κ1) is 13.4. The van der Waals surface area contributed by atoms with Gasteiger partial charge in [-0.2, -0.15) is 11.8 Å². The van der Waals surface area contributed by atoms with Gasteiger partial charge in [0.2, 0.25) is 0 Å². The summed E-state index contributed by atoms with van der Waals surface area (Å²) in [6.07, 6.45) is 16.2. The number of thioether (sulfide) groups is 1. The van der Waals surface area contributed by atoms with E-state index in [1.54, 1.807) is 0 Å². The molecule has 0 radical (unpaired) electrons. The van der Waals surface area contributed by atoms with Crippen LogP contribution >= 0.6 is 11.8 Å². The second kappa shape index (κ2) is 9.57. The highest BCUT2D eigenvalue weighted by atomic mass is 32.2. The predicted molar refractivity (Wildman–Crippen MR) is 72.7 cm³/mol. The quantitative estimate of drug-likeness (QED) is 0.336. The Morgan fingerprint density at radius 2 is 1.27 bits per heavy atom. The molecule has 0 saturated carbocycles. The van der Waals surface area contributed by atoms with Crippen LogP contribution in [0.1, 0.15) is 77.6 Å². The van der Waals surface area contributed by atoms with Crippen LogP contribution in [-0.2, 0) is 0 Å². The zero-order chi connectivity index (χ0) is 10.8. The van der Waals surface area contributed by atoms with E-state index in [0.717, 1.165) is 5.25 Å². The van der Waals surface area contributed by atoms with Crippen molar-refractivity contribution in [3.05, 3.63) is 0 Å². The van der Waals surface area contributed by atoms with Gasteiger partial charge in [0, 0.05) is 11.0 Å². The van der Waals surface area contributed by atoms with Crippen molar-refractivity contribution in [3.63, 3.8) is 0 Å². The molecule has 1 atom stereocenters. The number of hydrogen-bond donors (Lipinski definition) is 0. The zero-order valence-electron chi connectivity index (χ0n) is 10.5. The van der Waals surface area contributed by atoms with E-state index >= 15 is 0 Å². The highest BCUT2D eigenvalue weighted by Gasteiger charge is 2.20. The van der Waals surface area contributed by atoms with E-state index in [9.17, 15) is 0 Å². The Balaban J connectivity index is 1.62. The first-order valence-corrected chi connectivity index (χ1v) is 8.10. The molecule has 1 heterocycles. The topological polar surface area (TPSA) is 0 Å².